The average Bonchev–Trinajstić information content (AvgIpc) is 2.34. The number of terminal acetylenes is 1. The highest BCUT2D eigenvalue weighted by atomic mass is 16.2. The molecule has 0 aromatic rings. The number of rotatable bonds is 0. The molecule has 1 fully saturated rings. The van der Waals surface area contributed by atoms with Gasteiger partial charge >= 0.3 is 0 Å². The van der Waals surface area contributed by atoms with Crippen LogP contribution in [0.1, 0.15) is 6.42 Å². The van der Waals surface area contributed by atoms with Gasteiger partial charge in [-0.2, -0.15) is 0 Å². The molecule has 0 aromatic carbocycles. The Kier molecular flexibility index (Phi) is 1.93. The van der Waals surface area contributed by atoms with Crippen LogP contribution in [0.25, 0.3) is 0 Å². The fourth-order valence-electron chi connectivity index (χ4n) is 1.06. The van der Waals surface area contributed by atoms with E-state index in [2.05, 4.69) is 5.92 Å². The summed E-state index contributed by atoms with van der Waals surface area (Å²) in [6, 6.07) is 0.122. The zero-order valence-corrected chi connectivity index (χ0v) is 5.71. The van der Waals surface area contributed by atoms with Crippen molar-refractivity contribution in [1.82, 2.24) is 4.90 Å². The third-order valence-corrected chi connectivity index (χ3v) is 1.64. The number of nitrogens with zero attached hydrogens (tertiary/aromatic N) is 1. The molecule has 1 heterocycles. The lowest BCUT2D eigenvalue weighted by atomic mass is 10.3. The molecular formula is C7H10N2O. The van der Waals surface area contributed by atoms with E-state index >= 15 is 0 Å². The first-order chi connectivity index (χ1) is 4.74. The predicted octanol–water partition coefficient (Wildman–Crippen LogP) is -0.821. The van der Waals surface area contributed by atoms with Crippen LogP contribution in [0.15, 0.2) is 0 Å². The molecule has 1 saturated heterocycles. The van der Waals surface area contributed by atoms with Gasteiger partial charge in [-0.05, 0) is 12.3 Å². The van der Waals surface area contributed by atoms with Crippen LogP contribution in [0.5, 0.6) is 0 Å². The fourth-order valence-corrected chi connectivity index (χ4v) is 1.06. The van der Waals surface area contributed by atoms with E-state index in [1.165, 1.54) is 0 Å². The van der Waals surface area contributed by atoms with Gasteiger partial charge in [0, 0.05) is 19.1 Å². The van der Waals surface area contributed by atoms with E-state index in [-0.39, 0.29) is 11.9 Å². The van der Waals surface area contributed by atoms with Gasteiger partial charge in [-0.1, -0.05) is 0 Å². The molecule has 1 amide bonds. The van der Waals surface area contributed by atoms with E-state index in [1.807, 2.05) is 0 Å². The highest BCUT2D eigenvalue weighted by Crippen LogP contribution is 2.05. The van der Waals surface area contributed by atoms with Crippen molar-refractivity contribution in [3.8, 4) is 12.3 Å². The monoisotopic (exact) mass is 138 g/mol. The van der Waals surface area contributed by atoms with E-state index in [0.717, 1.165) is 6.42 Å². The molecule has 0 bridgehead atoms. The first-order valence-electron chi connectivity index (χ1n) is 3.25. The second-order valence-electron chi connectivity index (χ2n) is 2.44. The molecule has 54 valence electrons. The summed E-state index contributed by atoms with van der Waals surface area (Å²) in [6.45, 7) is 1.33. The van der Waals surface area contributed by atoms with Gasteiger partial charge < -0.3 is 10.6 Å². The molecule has 0 aliphatic carbocycles. The number of amides is 1. The van der Waals surface area contributed by atoms with Crippen LogP contribution < -0.4 is 5.73 Å². The molecule has 1 aliphatic heterocycles. The van der Waals surface area contributed by atoms with Crippen LogP contribution >= 0.6 is 0 Å². The Morgan fingerprint density at radius 1 is 1.80 bits per heavy atom. The summed E-state index contributed by atoms with van der Waals surface area (Å²) in [5.74, 6) is 1.82. The van der Waals surface area contributed by atoms with E-state index in [4.69, 9.17) is 12.2 Å². The molecule has 10 heavy (non-hydrogen) atoms. The van der Waals surface area contributed by atoms with Crippen molar-refractivity contribution in [3.63, 3.8) is 0 Å². The van der Waals surface area contributed by atoms with Gasteiger partial charge in [-0.3, -0.25) is 4.79 Å². The van der Waals surface area contributed by atoms with Crippen molar-refractivity contribution >= 4 is 5.91 Å². The standard InChI is InChI=1S/C7H10N2O/c1-2-7(10)9-4-3-6(8)5-9/h1,6H,3-5,8H2. The Bertz CT molecular complexity index is 183. The van der Waals surface area contributed by atoms with Crippen molar-refractivity contribution in [3.05, 3.63) is 0 Å². The van der Waals surface area contributed by atoms with Crippen LogP contribution in [0.2, 0.25) is 0 Å². The van der Waals surface area contributed by atoms with E-state index in [1.54, 1.807) is 4.90 Å². The number of likely N-dealkylation sites (tertiary alicyclic amines) is 1. The molecule has 0 saturated carbocycles. The number of nitrogens with two attached hydrogens (primary N) is 1. The highest BCUT2D eigenvalue weighted by molar-refractivity contribution is 5.93. The molecule has 0 spiro atoms. The highest BCUT2D eigenvalue weighted by Gasteiger charge is 2.21. The normalized spacial score (nSPS) is 24.4. The summed E-state index contributed by atoms with van der Waals surface area (Å²) in [5, 5.41) is 0. The van der Waals surface area contributed by atoms with Crippen LogP contribution in [-0.2, 0) is 4.79 Å². The lowest BCUT2D eigenvalue weighted by Gasteiger charge is -2.10. The molecule has 0 radical (unpaired) electrons. The molecule has 1 unspecified atom stereocenters. The van der Waals surface area contributed by atoms with Gasteiger partial charge in [-0.15, -0.1) is 6.42 Å². The minimum atomic E-state index is -0.243. The minimum Gasteiger partial charge on any atom is -0.330 e. The van der Waals surface area contributed by atoms with Crippen LogP contribution in [0.3, 0.4) is 0 Å². The summed E-state index contributed by atoms with van der Waals surface area (Å²) < 4.78 is 0. The third kappa shape index (κ3) is 1.28. The Morgan fingerprint density at radius 3 is 2.90 bits per heavy atom. The van der Waals surface area contributed by atoms with Crippen molar-refractivity contribution in [1.29, 1.82) is 0 Å². The molecule has 3 heteroatoms. The van der Waals surface area contributed by atoms with Gasteiger partial charge in [-0.25, -0.2) is 0 Å². The maximum absolute atomic E-state index is 10.8. The largest absolute Gasteiger partial charge is 0.330 e. The Balaban J connectivity index is 2.47. The smallest absolute Gasteiger partial charge is 0.298 e. The predicted molar refractivity (Wildman–Crippen MR) is 38.0 cm³/mol. The second kappa shape index (κ2) is 2.72. The van der Waals surface area contributed by atoms with Gasteiger partial charge in [0.2, 0.25) is 0 Å². The minimum absolute atomic E-state index is 0.122. The van der Waals surface area contributed by atoms with Gasteiger partial charge in [0.25, 0.3) is 5.91 Å². The number of hydrogen-bond acceptors (Lipinski definition) is 2. The summed E-state index contributed by atoms with van der Waals surface area (Å²) in [7, 11) is 0. The Morgan fingerprint density at radius 2 is 2.50 bits per heavy atom. The van der Waals surface area contributed by atoms with E-state index in [0.29, 0.717) is 13.1 Å². The Labute approximate surface area is 60.2 Å². The van der Waals surface area contributed by atoms with Crippen LogP contribution in [0, 0.1) is 12.3 Å². The van der Waals surface area contributed by atoms with Crippen molar-refractivity contribution < 1.29 is 4.79 Å². The SMILES string of the molecule is C#CC(=O)N1CCC(N)C1. The van der Waals surface area contributed by atoms with E-state index in [9.17, 15) is 4.79 Å². The zero-order chi connectivity index (χ0) is 7.56. The molecular weight excluding hydrogens is 128 g/mol. The van der Waals surface area contributed by atoms with Crippen LogP contribution in [-0.4, -0.2) is 29.9 Å². The topological polar surface area (TPSA) is 46.3 Å². The van der Waals surface area contributed by atoms with E-state index < -0.39 is 0 Å². The summed E-state index contributed by atoms with van der Waals surface area (Å²) in [4.78, 5) is 12.4. The fraction of sp³-hybridized carbons (Fsp3) is 0.571. The average molecular weight is 138 g/mol. The van der Waals surface area contributed by atoms with Crippen molar-refractivity contribution in [2.75, 3.05) is 13.1 Å². The van der Waals surface area contributed by atoms with Crippen LogP contribution in [0.4, 0.5) is 0 Å². The summed E-state index contributed by atoms with van der Waals surface area (Å²) in [6.07, 6.45) is 5.78. The molecule has 2 N–H and O–H groups in total. The van der Waals surface area contributed by atoms with Gasteiger partial charge in [0.05, 0.1) is 0 Å². The summed E-state index contributed by atoms with van der Waals surface area (Å²) >= 11 is 0. The lowest BCUT2D eigenvalue weighted by molar-refractivity contribution is -0.124. The number of hydrogen-bond donors (Lipinski definition) is 1. The quantitative estimate of drug-likeness (QED) is 0.444. The first kappa shape index (κ1) is 7.10. The number of carbonyl (C=O) groups is 1. The first-order valence-corrected chi connectivity index (χ1v) is 3.25. The van der Waals surface area contributed by atoms with Crippen molar-refractivity contribution in [2.45, 2.75) is 12.5 Å². The zero-order valence-electron chi connectivity index (χ0n) is 5.71. The molecule has 3 nitrogen and oxygen atoms in total. The maximum Gasteiger partial charge on any atom is 0.298 e. The van der Waals surface area contributed by atoms with Gasteiger partial charge in [0.15, 0.2) is 0 Å². The molecule has 1 rings (SSSR count). The molecule has 1 aliphatic rings. The number of carbonyl (C=O) groups excluding carboxylic acids is 1. The molecule has 1 atom stereocenters. The van der Waals surface area contributed by atoms with Gasteiger partial charge in [0.1, 0.15) is 0 Å². The Hall–Kier alpha value is -1.01. The second-order valence-corrected chi connectivity index (χ2v) is 2.44. The lowest BCUT2D eigenvalue weighted by Crippen LogP contribution is -2.30. The summed E-state index contributed by atoms with van der Waals surface area (Å²) in [5.41, 5.74) is 5.56. The molecule has 0 aromatic heterocycles. The third-order valence-electron chi connectivity index (χ3n) is 1.64. The van der Waals surface area contributed by atoms with Crippen molar-refractivity contribution in [2.24, 2.45) is 5.73 Å². The maximum atomic E-state index is 10.8.